The van der Waals surface area contributed by atoms with Crippen molar-refractivity contribution >= 4 is 5.91 Å². The van der Waals surface area contributed by atoms with Crippen molar-refractivity contribution in [3.05, 3.63) is 63.6 Å². The van der Waals surface area contributed by atoms with E-state index in [1.54, 1.807) is 13.0 Å². The van der Waals surface area contributed by atoms with Crippen LogP contribution in [0.15, 0.2) is 41.2 Å². The molecule has 0 spiro atoms. The van der Waals surface area contributed by atoms with Gasteiger partial charge in [-0.15, -0.1) is 0 Å². The number of piperazine rings is 1. The third-order valence-electron chi connectivity index (χ3n) is 5.64. The molecule has 4 rings (SSSR count). The number of hydrogen-bond acceptors (Lipinski definition) is 4. The van der Waals surface area contributed by atoms with Crippen molar-refractivity contribution in [2.24, 2.45) is 0 Å². The Labute approximate surface area is 159 Å². The molecule has 0 radical (unpaired) electrons. The van der Waals surface area contributed by atoms with E-state index in [9.17, 15) is 9.59 Å². The van der Waals surface area contributed by atoms with Crippen LogP contribution in [0.25, 0.3) is 0 Å². The summed E-state index contributed by atoms with van der Waals surface area (Å²) in [4.78, 5) is 29.5. The molecule has 1 aromatic carbocycles. The van der Waals surface area contributed by atoms with Crippen molar-refractivity contribution in [1.82, 2.24) is 19.6 Å². The highest BCUT2D eigenvalue weighted by Crippen LogP contribution is 2.19. The van der Waals surface area contributed by atoms with Crippen LogP contribution in [0.2, 0.25) is 0 Å². The van der Waals surface area contributed by atoms with Crippen LogP contribution in [0.5, 0.6) is 0 Å². The van der Waals surface area contributed by atoms with Crippen molar-refractivity contribution in [3.8, 4) is 0 Å². The molecule has 0 N–H and O–H groups in total. The average Bonchev–Trinajstić information content (AvgIpc) is 3.15. The van der Waals surface area contributed by atoms with Crippen molar-refractivity contribution in [1.29, 1.82) is 0 Å². The number of nitrogens with zero attached hydrogens (tertiary/aromatic N) is 4. The van der Waals surface area contributed by atoms with Gasteiger partial charge >= 0.3 is 0 Å². The first-order valence-electron chi connectivity index (χ1n) is 9.78. The smallest absolute Gasteiger partial charge is 0.267 e. The van der Waals surface area contributed by atoms with Gasteiger partial charge in [0.2, 0.25) is 5.91 Å². The number of aryl methyl sites for hydroxylation is 2. The van der Waals surface area contributed by atoms with Crippen molar-refractivity contribution in [3.63, 3.8) is 0 Å². The number of carbonyl (C=O) groups excluding carboxylic acids is 1. The van der Waals surface area contributed by atoms with Gasteiger partial charge < -0.3 is 4.90 Å². The summed E-state index contributed by atoms with van der Waals surface area (Å²) < 4.78 is 1.38. The van der Waals surface area contributed by atoms with E-state index in [1.165, 1.54) is 10.2 Å². The molecule has 6 heteroatoms. The molecule has 2 aromatic rings. The molecule has 1 aromatic heterocycles. The molecule has 27 heavy (non-hydrogen) atoms. The molecule has 0 saturated carbocycles. The minimum Gasteiger partial charge on any atom is -0.338 e. The summed E-state index contributed by atoms with van der Waals surface area (Å²) in [7, 11) is 0. The Morgan fingerprint density at radius 3 is 2.59 bits per heavy atom. The largest absolute Gasteiger partial charge is 0.338 e. The first-order valence-corrected chi connectivity index (χ1v) is 9.78. The highest BCUT2D eigenvalue weighted by Gasteiger charge is 2.28. The summed E-state index contributed by atoms with van der Waals surface area (Å²) >= 11 is 0. The Balaban J connectivity index is 1.38. The Bertz CT molecular complexity index is 869. The molecule has 142 valence electrons. The van der Waals surface area contributed by atoms with E-state index in [4.69, 9.17) is 0 Å². The molecule has 6 nitrogen and oxygen atoms in total. The Kier molecular flexibility index (Phi) is 5.07. The molecule has 1 amide bonds. The van der Waals surface area contributed by atoms with Gasteiger partial charge in [0.25, 0.3) is 5.56 Å². The fraction of sp³-hybridized carbons (Fsp3) is 0.476. The van der Waals surface area contributed by atoms with Crippen LogP contribution in [0, 0.1) is 0 Å². The van der Waals surface area contributed by atoms with Gasteiger partial charge in [0.05, 0.1) is 5.69 Å². The van der Waals surface area contributed by atoms with Gasteiger partial charge in [-0.2, -0.15) is 5.10 Å². The third kappa shape index (κ3) is 3.81. The summed E-state index contributed by atoms with van der Waals surface area (Å²) in [6, 6.07) is 11.5. The zero-order chi connectivity index (χ0) is 18.8. The van der Waals surface area contributed by atoms with Crippen LogP contribution in [-0.4, -0.2) is 51.7 Å². The molecule has 1 aliphatic carbocycles. The summed E-state index contributed by atoms with van der Waals surface area (Å²) in [5.41, 5.74) is 3.14. The Morgan fingerprint density at radius 2 is 1.85 bits per heavy atom. The van der Waals surface area contributed by atoms with Gasteiger partial charge in [-0.3, -0.25) is 14.5 Å². The fourth-order valence-electron chi connectivity index (χ4n) is 4.03. The lowest BCUT2D eigenvalue weighted by atomic mass is 10.2. The predicted octanol–water partition coefficient (Wildman–Crippen LogP) is 1.64. The molecule has 0 bridgehead atoms. The summed E-state index contributed by atoms with van der Waals surface area (Å²) in [6.45, 7) is 5.77. The van der Waals surface area contributed by atoms with Gasteiger partial charge in [0.15, 0.2) is 0 Å². The van der Waals surface area contributed by atoms with Crippen LogP contribution >= 0.6 is 0 Å². The van der Waals surface area contributed by atoms with E-state index >= 15 is 0 Å². The maximum absolute atomic E-state index is 12.9. The minimum atomic E-state index is -0.552. The van der Waals surface area contributed by atoms with Crippen molar-refractivity contribution in [2.75, 3.05) is 26.2 Å². The van der Waals surface area contributed by atoms with Gasteiger partial charge in [0, 0.05) is 38.8 Å². The highest BCUT2D eigenvalue weighted by molar-refractivity contribution is 5.80. The first kappa shape index (κ1) is 17.9. The van der Waals surface area contributed by atoms with Crippen LogP contribution in [0.3, 0.4) is 0 Å². The topological polar surface area (TPSA) is 58.4 Å². The van der Waals surface area contributed by atoms with E-state index in [0.717, 1.165) is 50.2 Å². The summed E-state index contributed by atoms with van der Waals surface area (Å²) in [5.74, 6) is -0.0121. The second kappa shape index (κ2) is 7.64. The highest BCUT2D eigenvalue weighted by atomic mass is 16.2. The number of carbonyl (C=O) groups is 1. The first-order chi connectivity index (χ1) is 13.1. The molecule has 1 atom stereocenters. The molecular weight excluding hydrogens is 340 g/mol. The number of benzene rings is 1. The van der Waals surface area contributed by atoms with Crippen LogP contribution < -0.4 is 5.56 Å². The molecule has 2 aliphatic rings. The number of fused-ring (bicyclic) bond motifs is 1. The van der Waals surface area contributed by atoms with Crippen LogP contribution in [0.1, 0.15) is 36.2 Å². The predicted molar refractivity (Wildman–Crippen MR) is 104 cm³/mol. The standard InChI is InChI=1S/C21H26N4O2/c1-16(25-20(26)14-18-8-5-9-19(18)22-25)21(27)24-12-10-23(11-13-24)15-17-6-3-2-4-7-17/h2-4,6-7,14,16H,5,8-13,15H2,1H3. The number of rotatable bonds is 4. The van der Waals surface area contributed by atoms with E-state index in [2.05, 4.69) is 34.3 Å². The lowest BCUT2D eigenvalue weighted by molar-refractivity contribution is -0.136. The Morgan fingerprint density at radius 1 is 1.11 bits per heavy atom. The average molecular weight is 366 g/mol. The van der Waals surface area contributed by atoms with Crippen molar-refractivity contribution in [2.45, 2.75) is 38.8 Å². The minimum absolute atomic E-state index is 0.0121. The molecule has 2 heterocycles. The summed E-state index contributed by atoms with van der Waals surface area (Å²) in [5, 5.41) is 4.49. The van der Waals surface area contributed by atoms with Crippen molar-refractivity contribution < 1.29 is 4.79 Å². The number of aromatic nitrogens is 2. The molecule has 1 unspecified atom stereocenters. The normalized spacial score (nSPS) is 18.3. The van der Waals surface area contributed by atoms with Gasteiger partial charge in [-0.1, -0.05) is 30.3 Å². The quantitative estimate of drug-likeness (QED) is 0.825. The lowest BCUT2D eigenvalue weighted by Gasteiger charge is -2.36. The second-order valence-electron chi connectivity index (χ2n) is 7.52. The van der Waals surface area contributed by atoms with E-state index in [-0.39, 0.29) is 11.5 Å². The summed E-state index contributed by atoms with van der Waals surface area (Å²) in [6.07, 6.45) is 2.86. The van der Waals surface area contributed by atoms with E-state index < -0.39 is 6.04 Å². The monoisotopic (exact) mass is 366 g/mol. The van der Waals surface area contributed by atoms with Gasteiger partial charge in [0.1, 0.15) is 6.04 Å². The zero-order valence-corrected chi connectivity index (χ0v) is 15.8. The van der Waals surface area contributed by atoms with E-state index in [1.807, 2.05) is 11.0 Å². The van der Waals surface area contributed by atoms with Gasteiger partial charge in [-0.25, -0.2) is 4.68 Å². The number of hydrogen-bond donors (Lipinski definition) is 0. The fourth-order valence-corrected chi connectivity index (χ4v) is 4.03. The van der Waals surface area contributed by atoms with Crippen LogP contribution in [0.4, 0.5) is 0 Å². The maximum Gasteiger partial charge on any atom is 0.267 e. The SMILES string of the molecule is CC(C(=O)N1CCN(Cc2ccccc2)CC1)n1nc2c(cc1=O)CCC2. The second-order valence-corrected chi connectivity index (χ2v) is 7.52. The zero-order valence-electron chi connectivity index (χ0n) is 15.8. The molecule has 1 saturated heterocycles. The maximum atomic E-state index is 12.9. The van der Waals surface area contributed by atoms with Gasteiger partial charge in [-0.05, 0) is 37.3 Å². The number of amides is 1. The third-order valence-corrected chi connectivity index (χ3v) is 5.64. The molecular formula is C21H26N4O2. The molecule has 1 aliphatic heterocycles. The Hall–Kier alpha value is -2.47. The van der Waals surface area contributed by atoms with Crippen LogP contribution in [-0.2, 0) is 24.2 Å². The molecule has 1 fully saturated rings. The lowest BCUT2D eigenvalue weighted by Crippen LogP contribution is -2.50. The van der Waals surface area contributed by atoms with E-state index in [0.29, 0.717) is 13.1 Å².